The van der Waals surface area contributed by atoms with Gasteiger partial charge in [-0.05, 0) is 36.8 Å². The van der Waals surface area contributed by atoms with Crippen molar-refractivity contribution < 1.29 is 27.9 Å². The number of esters is 1. The van der Waals surface area contributed by atoms with Crippen LogP contribution in [0.1, 0.15) is 26.3 Å². The van der Waals surface area contributed by atoms with Crippen LogP contribution in [0.15, 0.2) is 42.5 Å². The molecule has 130 valence electrons. The second-order valence-corrected chi connectivity index (χ2v) is 5.21. The Labute approximate surface area is 142 Å². The summed E-state index contributed by atoms with van der Waals surface area (Å²) in [7, 11) is 0. The van der Waals surface area contributed by atoms with Gasteiger partial charge in [-0.1, -0.05) is 18.2 Å². The van der Waals surface area contributed by atoms with E-state index in [1.165, 1.54) is 0 Å². The van der Waals surface area contributed by atoms with Gasteiger partial charge in [0.1, 0.15) is 18.2 Å². The SMILES string of the molecule is Cc1ccccc1C(=O)NCC(=O)OCC(=O)c1cc(F)ccc1F. The van der Waals surface area contributed by atoms with Gasteiger partial charge in [0.2, 0.25) is 5.78 Å². The molecule has 1 amide bonds. The first-order valence-electron chi connectivity index (χ1n) is 7.36. The lowest BCUT2D eigenvalue weighted by atomic mass is 10.1. The number of nitrogens with one attached hydrogen (secondary N) is 1. The van der Waals surface area contributed by atoms with Crippen LogP contribution in [-0.4, -0.2) is 30.8 Å². The summed E-state index contributed by atoms with van der Waals surface area (Å²) in [5, 5.41) is 2.36. The number of halogens is 2. The van der Waals surface area contributed by atoms with Crippen LogP contribution >= 0.6 is 0 Å². The molecule has 25 heavy (non-hydrogen) atoms. The molecule has 0 saturated carbocycles. The highest BCUT2D eigenvalue weighted by molar-refractivity contribution is 5.99. The van der Waals surface area contributed by atoms with Gasteiger partial charge in [-0.2, -0.15) is 0 Å². The molecule has 0 bridgehead atoms. The van der Waals surface area contributed by atoms with Gasteiger partial charge in [-0.3, -0.25) is 14.4 Å². The maximum Gasteiger partial charge on any atom is 0.325 e. The molecule has 0 aromatic heterocycles. The van der Waals surface area contributed by atoms with Crippen LogP contribution < -0.4 is 5.32 Å². The number of ether oxygens (including phenoxy) is 1. The van der Waals surface area contributed by atoms with Crippen LogP contribution in [0, 0.1) is 18.6 Å². The number of rotatable bonds is 6. The molecule has 0 radical (unpaired) electrons. The maximum atomic E-state index is 13.4. The second kappa shape index (κ2) is 8.14. The number of carbonyl (C=O) groups is 3. The van der Waals surface area contributed by atoms with E-state index >= 15 is 0 Å². The van der Waals surface area contributed by atoms with E-state index in [1.54, 1.807) is 31.2 Å². The molecule has 0 unspecified atom stereocenters. The van der Waals surface area contributed by atoms with Crippen molar-refractivity contribution in [1.82, 2.24) is 5.32 Å². The predicted octanol–water partition coefficient (Wildman–Crippen LogP) is 2.43. The Balaban J connectivity index is 1.85. The lowest BCUT2D eigenvalue weighted by Gasteiger charge is -2.08. The summed E-state index contributed by atoms with van der Waals surface area (Å²) < 4.78 is 31.2. The fourth-order valence-corrected chi connectivity index (χ4v) is 2.06. The summed E-state index contributed by atoms with van der Waals surface area (Å²) in [6.45, 7) is 0.547. The molecule has 0 aliphatic rings. The topological polar surface area (TPSA) is 72.5 Å². The smallest absolute Gasteiger partial charge is 0.325 e. The van der Waals surface area contributed by atoms with Crippen molar-refractivity contribution in [3.05, 3.63) is 70.8 Å². The van der Waals surface area contributed by atoms with Gasteiger partial charge in [-0.15, -0.1) is 0 Å². The largest absolute Gasteiger partial charge is 0.456 e. The Hall–Kier alpha value is -3.09. The molecule has 0 aliphatic heterocycles. The fraction of sp³-hybridized carbons (Fsp3) is 0.167. The van der Waals surface area contributed by atoms with Gasteiger partial charge in [0, 0.05) is 5.56 Å². The third-order valence-electron chi connectivity index (χ3n) is 3.38. The van der Waals surface area contributed by atoms with Crippen LogP contribution in [0.2, 0.25) is 0 Å². The van der Waals surface area contributed by atoms with E-state index in [0.717, 1.165) is 23.8 Å². The van der Waals surface area contributed by atoms with Gasteiger partial charge in [0.25, 0.3) is 5.91 Å². The summed E-state index contributed by atoms with van der Waals surface area (Å²) in [5.74, 6) is -3.89. The zero-order chi connectivity index (χ0) is 18.4. The van der Waals surface area contributed by atoms with Crippen molar-refractivity contribution in [2.24, 2.45) is 0 Å². The van der Waals surface area contributed by atoms with E-state index < -0.39 is 48.0 Å². The first kappa shape index (κ1) is 18.3. The van der Waals surface area contributed by atoms with Crippen molar-refractivity contribution in [1.29, 1.82) is 0 Å². The van der Waals surface area contributed by atoms with Crippen molar-refractivity contribution in [3.8, 4) is 0 Å². The molecule has 0 spiro atoms. The molecule has 2 rings (SSSR count). The van der Waals surface area contributed by atoms with E-state index in [0.29, 0.717) is 5.56 Å². The van der Waals surface area contributed by atoms with E-state index in [-0.39, 0.29) is 0 Å². The molecule has 0 saturated heterocycles. The fourth-order valence-electron chi connectivity index (χ4n) is 2.06. The third kappa shape index (κ3) is 4.94. The van der Waals surface area contributed by atoms with Crippen LogP contribution in [-0.2, 0) is 9.53 Å². The summed E-state index contributed by atoms with van der Waals surface area (Å²) in [6.07, 6.45) is 0. The summed E-state index contributed by atoms with van der Waals surface area (Å²) in [4.78, 5) is 35.3. The molecule has 0 heterocycles. The molecule has 1 N–H and O–H groups in total. The van der Waals surface area contributed by atoms with Crippen LogP contribution in [0.25, 0.3) is 0 Å². The molecule has 0 atom stereocenters. The molecule has 2 aromatic rings. The summed E-state index contributed by atoms with van der Waals surface area (Å²) in [6, 6.07) is 9.23. The average molecular weight is 347 g/mol. The summed E-state index contributed by atoms with van der Waals surface area (Å²) in [5.41, 5.74) is 0.648. The number of amides is 1. The summed E-state index contributed by atoms with van der Waals surface area (Å²) >= 11 is 0. The van der Waals surface area contributed by atoms with Gasteiger partial charge >= 0.3 is 5.97 Å². The third-order valence-corrected chi connectivity index (χ3v) is 3.38. The highest BCUT2D eigenvalue weighted by atomic mass is 19.1. The Morgan fingerprint density at radius 2 is 1.76 bits per heavy atom. The zero-order valence-electron chi connectivity index (χ0n) is 13.3. The minimum absolute atomic E-state index is 0.410. The van der Waals surface area contributed by atoms with E-state index in [1.807, 2.05) is 0 Å². The number of benzene rings is 2. The van der Waals surface area contributed by atoms with Crippen molar-refractivity contribution >= 4 is 17.7 Å². The molecule has 5 nitrogen and oxygen atoms in total. The number of hydrogen-bond donors (Lipinski definition) is 1. The normalized spacial score (nSPS) is 10.2. The zero-order valence-corrected chi connectivity index (χ0v) is 13.3. The minimum Gasteiger partial charge on any atom is -0.456 e. The number of aryl methyl sites for hydroxylation is 1. The molecular weight excluding hydrogens is 332 g/mol. The van der Waals surface area contributed by atoms with Gasteiger partial charge < -0.3 is 10.1 Å². The molecule has 7 heteroatoms. The van der Waals surface area contributed by atoms with Crippen LogP contribution in [0.4, 0.5) is 8.78 Å². The predicted molar refractivity (Wildman–Crippen MR) is 85.2 cm³/mol. The quantitative estimate of drug-likeness (QED) is 0.643. The van der Waals surface area contributed by atoms with Crippen molar-refractivity contribution in [2.45, 2.75) is 6.92 Å². The Morgan fingerprint density at radius 3 is 2.48 bits per heavy atom. The van der Waals surface area contributed by atoms with Crippen molar-refractivity contribution in [2.75, 3.05) is 13.2 Å². The highest BCUT2D eigenvalue weighted by Gasteiger charge is 2.16. The van der Waals surface area contributed by atoms with Gasteiger partial charge in [0.15, 0.2) is 6.61 Å². The number of ketones is 1. The molecular formula is C18H15F2NO4. The molecule has 0 aliphatic carbocycles. The lowest BCUT2D eigenvalue weighted by Crippen LogP contribution is -2.32. The minimum atomic E-state index is -0.907. The van der Waals surface area contributed by atoms with E-state index in [2.05, 4.69) is 10.1 Å². The van der Waals surface area contributed by atoms with Crippen LogP contribution in [0.3, 0.4) is 0 Å². The maximum absolute atomic E-state index is 13.4. The number of hydrogen-bond acceptors (Lipinski definition) is 4. The first-order valence-corrected chi connectivity index (χ1v) is 7.36. The average Bonchev–Trinajstić information content (AvgIpc) is 2.60. The lowest BCUT2D eigenvalue weighted by molar-refractivity contribution is -0.141. The Morgan fingerprint density at radius 1 is 1.04 bits per heavy atom. The van der Waals surface area contributed by atoms with Gasteiger partial charge in [-0.25, -0.2) is 8.78 Å². The monoisotopic (exact) mass is 347 g/mol. The highest BCUT2D eigenvalue weighted by Crippen LogP contribution is 2.10. The Bertz CT molecular complexity index is 820. The van der Waals surface area contributed by atoms with Gasteiger partial charge in [0.05, 0.1) is 5.56 Å². The Kier molecular flexibility index (Phi) is 5.94. The number of Topliss-reactive ketones (excluding diaryl/α,β-unsaturated/α-hetero) is 1. The molecule has 0 fully saturated rings. The second-order valence-electron chi connectivity index (χ2n) is 5.21. The van der Waals surface area contributed by atoms with Crippen molar-refractivity contribution in [3.63, 3.8) is 0 Å². The number of carbonyl (C=O) groups excluding carboxylic acids is 3. The van der Waals surface area contributed by atoms with E-state index in [9.17, 15) is 23.2 Å². The standard InChI is InChI=1S/C18H15F2NO4/c1-11-4-2-3-5-13(11)18(24)21-9-17(23)25-10-16(22)14-8-12(19)6-7-15(14)20/h2-8H,9-10H2,1H3,(H,21,24). The first-order chi connectivity index (χ1) is 11.9. The molecule has 2 aromatic carbocycles. The van der Waals surface area contributed by atoms with E-state index in [4.69, 9.17) is 0 Å². The van der Waals surface area contributed by atoms with Crippen LogP contribution in [0.5, 0.6) is 0 Å².